The van der Waals surface area contributed by atoms with Gasteiger partial charge in [-0.1, -0.05) is 37.9 Å². The normalized spacial score (nSPS) is 16.5. The highest BCUT2D eigenvalue weighted by Gasteiger charge is 2.22. The van der Waals surface area contributed by atoms with E-state index in [1.807, 2.05) is 6.08 Å². The van der Waals surface area contributed by atoms with E-state index in [1.165, 1.54) is 5.56 Å². The number of halogens is 4. The lowest BCUT2D eigenvalue weighted by Crippen LogP contribution is -2.45. The minimum atomic E-state index is 0. The van der Waals surface area contributed by atoms with Gasteiger partial charge < -0.3 is 5.32 Å². The van der Waals surface area contributed by atoms with Gasteiger partial charge in [0.25, 0.3) is 0 Å². The Morgan fingerprint density at radius 3 is 2.24 bits per heavy atom. The lowest BCUT2D eigenvalue weighted by molar-refractivity contribution is 0.166. The number of nitrogens with zero attached hydrogens (tertiary/aromatic N) is 1. The molecule has 120 valence electrons. The molecule has 2 nitrogen and oxygen atoms in total. The summed E-state index contributed by atoms with van der Waals surface area (Å²) < 4.78 is 2.27. The molecule has 0 aromatic heterocycles. The zero-order chi connectivity index (χ0) is 13.7. The van der Waals surface area contributed by atoms with Gasteiger partial charge in [-0.3, -0.25) is 4.90 Å². The van der Waals surface area contributed by atoms with Gasteiger partial charge in [0.1, 0.15) is 0 Å². The maximum absolute atomic E-state index is 3.86. The van der Waals surface area contributed by atoms with E-state index in [0.29, 0.717) is 6.04 Å². The lowest BCUT2D eigenvalue weighted by Gasteiger charge is -2.35. The molecule has 0 aliphatic carbocycles. The van der Waals surface area contributed by atoms with Crippen LogP contribution in [0.4, 0.5) is 0 Å². The third kappa shape index (κ3) is 6.59. The molecule has 1 aliphatic rings. The molecule has 1 aromatic carbocycles. The summed E-state index contributed by atoms with van der Waals surface area (Å²) in [4.78, 5) is 2.58. The van der Waals surface area contributed by atoms with Crippen molar-refractivity contribution in [3.8, 4) is 0 Å². The lowest BCUT2D eigenvalue weighted by atomic mass is 9.99. The Kier molecular flexibility index (Phi) is 11.3. The summed E-state index contributed by atoms with van der Waals surface area (Å²) in [5, 5.41) is 3.42. The first kappa shape index (κ1) is 21.4. The first-order valence-corrected chi connectivity index (χ1v) is 8.31. The van der Waals surface area contributed by atoms with Crippen LogP contribution in [0, 0.1) is 0 Å². The smallest absolute Gasteiger partial charge is 0.0352 e. The molecule has 2 rings (SSSR count). The topological polar surface area (TPSA) is 15.3 Å². The van der Waals surface area contributed by atoms with Crippen LogP contribution in [-0.2, 0) is 0 Å². The number of hydrogen-bond acceptors (Lipinski definition) is 2. The van der Waals surface area contributed by atoms with Crippen molar-refractivity contribution in [2.75, 3.05) is 26.2 Å². The molecule has 1 N–H and O–H groups in total. The maximum Gasteiger partial charge on any atom is 0.0352 e. The molecular weight excluding hydrogens is 439 g/mol. The van der Waals surface area contributed by atoms with Crippen LogP contribution in [0.5, 0.6) is 0 Å². The van der Waals surface area contributed by atoms with Gasteiger partial charge in [-0.15, -0.1) is 31.4 Å². The van der Waals surface area contributed by atoms with Crippen LogP contribution in [0.3, 0.4) is 0 Å². The van der Waals surface area contributed by atoms with Crippen molar-refractivity contribution in [3.63, 3.8) is 0 Å². The largest absolute Gasteiger partial charge is 0.314 e. The van der Waals surface area contributed by atoms with Crippen LogP contribution >= 0.6 is 56.7 Å². The van der Waals surface area contributed by atoms with E-state index in [2.05, 4.69) is 66.9 Å². The Hall–Kier alpha value is 0.420. The Morgan fingerprint density at radius 2 is 1.71 bits per heavy atom. The number of rotatable bonds is 5. The highest BCUT2D eigenvalue weighted by atomic mass is 79.9. The molecule has 1 saturated heterocycles. The van der Waals surface area contributed by atoms with Crippen molar-refractivity contribution in [3.05, 3.63) is 45.4 Å². The van der Waals surface area contributed by atoms with E-state index < -0.39 is 0 Å². The van der Waals surface area contributed by atoms with Crippen molar-refractivity contribution >= 4 is 56.7 Å². The number of benzene rings is 1. The fourth-order valence-corrected chi connectivity index (χ4v) is 3.93. The van der Waals surface area contributed by atoms with Gasteiger partial charge in [0.2, 0.25) is 0 Å². The molecule has 0 unspecified atom stereocenters. The predicted molar refractivity (Wildman–Crippen MR) is 103 cm³/mol. The fraction of sp³-hybridized carbons (Fsp3) is 0.467. The quantitative estimate of drug-likeness (QED) is 0.624. The second-order valence-electron chi connectivity index (χ2n) is 4.87. The molecule has 0 amide bonds. The van der Waals surface area contributed by atoms with E-state index in [4.69, 9.17) is 0 Å². The highest BCUT2D eigenvalue weighted by Crippen LogP contribution is 2.31. The van der Waals surface area contributed by atoms with Crippen LogP contribution in [0.15, 0.2) is 39.8 Å². The summed E-state index contributed by atoms with van der Waals surface area (Å²) in [6.07, 6.45) is 4.20. The van der Waals surface area contributed by atoms with Crippen molar-refractivity contribution < 1.29 is 0 Å². The standard InChI is InChI=1S/C15H20Br2N2.2ClH/c1-2-3-4-15(19-7-5-18-6-8-19)12-9-13(16)11-14(17)10-12;;/h2,9-11,15,18H,1,3-8H2;2*1H/t15-;;/m1../s1. The Bertz CT molecular complexity index is 417. The van der Waals surface area contributed by atoms with E-state index >= 15 is 0 Å². The summed E-state index contributed by atoms with van der Waals surface area (Å²) in [5.74, 6) is 0. The third-order valence-corrected chi connectivity index (χ3v) is 4.42. The monoisotopic (exact) mass is 458 g/mol. The van der Waals surface area contributed by atoms with Gasteiger partial charge in [0.15, 0.2) is 0 Å². The zero-order valence-corrected chi connectivity index (χ0v) is 16.7. The molecule has 0 spiro atoms. The molecule has 1 aromatic rings. The molecule has 1 heterocycles. The average molecular weight is 461 g/mol. The number of allylic oxidation sites excluding steroid dienone is 1. The van der Waals surface area contributed by atoms with Crippen LogP contribution in [-0.4, -0.2) is 31.1 Å². The molecule has 1 aliphatic heterocycles. The Morgan fingerprint density at radius 1 is 1.14 bits per heavy atom. The van der Waals surface area contributed by atoms with Crippen LogP contribution in [0.1, 0.15) is 24.4 Å². The van der Waals surface area contributed by atoms with Crippen LogP contribution in [0.2, 0.25) is 0 Å². The van der Waals surface area contributed by atoms with E-state index in [0.717, 1.165) is 48.0 Å². The average Bonchev–Trinajstić information content (AvgIpc) is 2.39. The highest BCUT2D eigenvalue weighted by molar-refractivity contribution is 9.11. The van der Waals surface area contributed by atoms with E-state index in [1.54, 1.807) is 0 Å². The van der Waals surface area contributed by atoms with Gasteiger partial charge in [0.05, 0.1) is 0 Å². The predicted octanol–water partition coefficient (Wildman–Crippen LogP) is 4.97. The van der Waals surface area contributed by atoms with E-state index in [9.17, 15) is 0 Å². The maximum atomic E-state index is 3.86. The SMILES string of the molecule is C=CCC[C@H](c1cc(Br)cc(Br)c1)N1CCNCC1.Cl.Cl. The Balaban J connectivity index is 0.00000200. The summed E-state index contributed by atoms with van der Waals surface area (Å²) >= 11 is 7.18. The van der Waals surface area contributed by atoms with Crippen molar-refractivity contribution in [1.82, 2.24) is 10.2 Å². The molecule has 21 heavy (non-hydrogen) atoms. The molecular formula is C15H22Br2Cl2N2. The van der Waals surface area contributed by atoms with Crippen LogP contribution in [0.25, 0.3) is 0 Å². The summed E-state index contributed by atoms with van der Waals surface area (Å²) in [6, 6.07) is 7.04. The summed E-state index contributed by atoms with van der Waals surface area (Å²) in [5.41, 5.74) is 1.38. The summed E-state index contributed by atoms with van der Waals surface area (Å²) in [6.45, 7) is 8.26. The second-order valence-corrected chi connectivity index (χ2v) is 6.70. The minimum absolute atomic E-state index is 0. The molecule has 1 atom stereocenters. The zero-order valence-electron chi connectivity index (χ0n) is 11.9. The van der Waals surface area contributed by atoms with Crippen LogP contribution < -0.4 is 5.32 Å². The minimum Gasteiger partial charge on any atom is -0.314 e. The third-order valence-electron chi connectivity index (χ3n) is 3.51. The van der Waals surface area contributed by atoms with Crippen molar-refractivity contribution in [2.24, 2.45) is 0 Å². The van der Waals surface area contributed by atoms with Gasteiger partial charge in [-0.25, -0.2) is 0 Å². The number of nitrogens with one attached hydrogen (secondary N) is 1. The molecule has 0 saturated carbocycles. The van der Waals surface area contributed by atoms with E-state index in [-0.39, 0.29) is 24.8 Å². The van der Waals surface area contributed by atoms with Gasteiger partial charge in [-0.2, -0.15) is 0 Å². The molecule has 0 radical (unpaired) electrons. The molecule has 6 heteroatoms. The van der Waals surface area contributed by atoms with Crippen molar-refractivity contribution in [1.29, 1.82) is 0 Å². The second kappa shape index (κ2) is 11.0. The Labute approximate surface area is 156 Å². The summed E-state index contributed by atoms with van der Waals surface area (Å²) in [7, 11) is 0. The van der Waals surface area contributed by atoms with Gasteiger partial charge in [-0.05, 0) is 36.6 Å². The molecule has 1 fully saturated rings. The van der Waals surface area contributed by atoms with Gasteiger partial charge >= 0.3 is 0 Å². The number of piperazine rings is 1. The first-order valence-electron chi connectivity index (χ1n) is 6.72. The molecule has 0 bridgehead atoms. The van der Waals surface area contributed by atoms with Gasteiger partial charge in [0, 0.05) is 41.2 Å². The van der Waals surface area contributed by atoms with Crippen molar-refractivity contribution in [2.45, 2.75) is 18.9 Å². The first-order chi connectivity index (χ1) is 9.20. The number of hydrogen-bond donors (Lipinski definition) is 1. The fourth-order valence-electron chi connectivity index (χ4n) is 2.60.